The molecular weight excluding hydrogens is 796 g/mol. The number of carboxylic acid groups (broad SMARTS) is 1. The molecule has 0 radical (unpaired) electrons. The molecule has 306 valence electrons. The molecule has 1 fully saturated rings. The Kier molecular flexibility index (Phi) is 13.4. The first-order valence-corrected chi connectivity index (χ1v) is 19.5. The Bertz CT molecular complexity index is 2180. The number of carbonyl (C=O) groups is 2. The minimum absolute atomic E-state index is 0.0237. The lowest BCUT2D eigenvalue weighted by molar-refractivity contribution is -0.137. The maximum atomic E-state index is 16.2. The van der Waals surface area contributed by atoms with Crippen molar-refractivity contribution < 1.29 is 50.1 Å². The van der Waals surface area contributed by atoms with E-state index in [4.69, 9.17) is 21.1 Å². The second kappa shape index (κ2) is 17.8. The van der Waals surface area contributed by atoms with Crippen molar-refractivity contribution >= 4 is 45.1 Å². The van der Waals surface area contributed by atoms with Gasteiger partial charge in [-0.2, -0.15) is 13.2 Å². The average Bonchev–Trinajstić information content (AvgIpc) is 3.17. The second-order valence-corrected chi connectivity index (χ2v) is 15.9. The number of carbonyl (C=O) groups excluding carboxylic acids is 1. The van der Waals surface area contributed by atoms with Gasteiger partial charge in [0.1, 0.15) is 40.4 Å². The van der Waals surface area contributed by atoms with Gasteiger partial charge in [0.25, 0.3) is 10.0 Å². The van der Waals surface area contributed by atoms with Crippen LogP contribution in [0.3, 0.4) is 0 Å². The third-order valence-corrected chi connectivity index (χ3v) is 11.7. The average molecular weight is 837 g/mol. The quantitative estimate of drug-likeness (QED) is 0.0951. The minimum atomic E-state index is -4.73. The van der Waals surface area contributed by atoms with E-state index in [2.05, 4.69) is 25.9 Å². The lowest BCUT2D eigenvalue weighted by Gasteiger charge is -2.39. The zero-order valence-corrected chi connectivity index (χ0v) is 32.8. The van der Waals surface area contributed by atoms with Gasteiger partial charge in [0.2, 0.25) is 5.91 Å². The molecule has 0 saturated heterocycles. The number of halogens is 5. The van der Waals surface area contributed by atoms with Gasteiger partial charge < -0.3 is 30.5 Å². The summed E-state index contributed by atoms with van der Waals surface area (Å²) in [4.78, 5) is 32.1. The molecule has 1 saturated carbocycles. The summed E-state index contributed by atoms with van der Waals surface area (Å²) in [5.74, 6) is -2.09. The van der Waals surface area contributed by atoms with E-state index in [0.29, 0.717) is 29.0 Å². The number of sulfonamides is 1. The molecule has 2 amide bonds. The molecule has 0 aliphatic heterocycles. The predicted molar refractivity (Wildman–Crippen MR) is 204 cm³/mol. The van der Waals surface area contributed by atoms with Gasteiger partial charge >= 0.3 is 12.3 Å². The lowest BCUT2D eigenvalue weighted by Crippen LogP contribution is -2.56. The summed E-state index contributed by atoms with van der Waals surface area (Å²) in [7, 11) is -1.87. The fraction of sp³-hybridized carbons (Fsp3) is 0.368. The van der Waals surface area contributed by atoms with E-state index in [1.54, 1.807) is 38.1 Å². The van der Waals surface area contributed by atoms with E-state index >= 15 is 4.39 Å². The number of hydrogen-bond acceptors (Lipinski definition) is 9. The van der Waals surface area contributed by atoms with Crippen molar-refractivity contribution in [2.24, 2.45) is 5.92 Å². The van der Waals surface area contributed by atoms with E-state index in [1.165, 1.54) is 32.5 Å². The fourth-order valence-electron chi connectivity index (χ4n) is 6.73. The Morgan fingerprint density at radius 2 is 1.79 bits per heavy atom. The number of anilines is 2. The van der Waals surface area contributed by atoms with Gasteiger partial charge in [-0.1, -0.05) is 43.6 Å². The Balaban J connectivity index is 1.47. The first-order chi connectivity index (χ1) is 26.9. The van der Waals surface area contributed by atoms with Crippen molar-refractivity contribution in [2.75, 3.05) is 23.8 Å². The molecule has 4 aromatic rings. The minimum Gasteiger partial charge on any atom is -0.497 e. The second-order valence-electron chi connectivity index (χ2n) is 13.7. The smallest absolute Gasteiger partial charge is 0.416 e. The monoisotopic (exact) mass is 836 g/mol. The summed E-state index contributed by atoms with van der Waals surface area (Å²) < 4.78 is 97.1. The number of amides is 2. The number of nitrogens with zero attached hydrogens (tertiary/aromatic N) is 3. The van der Waals surface area contributed by atoms with Crippen molar-refractivity contribution in [2.45, 2.75) is 74.8 Å². The van der Waals surface area contributed by atoms with E-state index in [0.717, 1.165) is 34.9 Å². The molecule has 5 rings (SSSR count). The summed E-state index contributed by atoms with van der Waals surface area (Å²) in [6.45, 7) is 2.94. The number of hydrogen-bond donors (Lipinski definition) is 4. The molecule has 4 atom stereocenters. The molecule has 1 heterocycles. The molecule has 1 aliphatic carbocycles. The van der Waals surface area contributed by atoms with Crippen LogP contribution < -0.4 is 29.7 Å². The van der Waals surface area contributed by atoms with E-state index in [1.807, 2.05) is 0 Å². The van der Waals surface area contributed by atoms with Crippen molar-refractivity contribution in [3.63, 3.8) is 0 Å². The number of benzene rings is 3. The van der Waals surface area contributed by atoms with E-state index in [-0.39, 0.29) is 35.9 Å². The molecule has 3 aromatic carbocycles. The van der Waals surface area contributed by atoms with Crippen molar-refractivity contribution in [3.05, 3.63) is 101 Å². The van der Waals surface area contributed by atoms with Crippen LogP contribution in [0.25, 0.3) is 0 Å². The van der Waals surface area contributed by atoms with Crippen LogP contribution in [0.4, 0.5) is 33.9 Å². The summed E-state index contributed by atoms with van der Waals surface area (Å²) in [6, 6.07) is 10.1. The van der Waals surface area contributed by atoms with E-state index < -0.39 is 74.4 Å². The summed E-state index contributed by atoms with van der Waals surface area (Å²) in [5.41, 5.74) is -0.0578. The first kappa shape index (κ1) is 42.8. The SMILES string of the molecule is COc1ccc(CN(c2ccncn2)S(=O)(=O)c2cc(Cl)c(N[C@H]3CC[C@H](c4cccc(C(F)(F)F)c4)C[C@@H]3NC(=O)C(NC(=O)O)C(C)C)cc2F)c(OC)c1. The number of alkyl halides is 3. The normalized spacial score (nSPS) is 17.7. The highest BCUT2D eigenvalue weighted by atomic mass is 35.5. The zero-order chi connectivity index (χ0) is 41.7. The van der Waals surface area contributed by atoms with Crippen LogP contribution in [0.15, 0.2) is 78.1 Å². The van der Waals surface area contributed by atoms with E-state index in [9.17, 15) is 36.3 Å². The molecule has 13 nitrogen and oxygen atoms in total. The number of ether oxygens (including phenoxy) is 2. The maximum Gasteiger partial charge on any atom is 0.416 e. The van der Waals surface area contributed by atoms with Gasteiger partial charge in [-0.3, -0.25) is 4.79 Å². The van der Waals surface area contributed by atoms with Crippen LogP contribution >= 0.6 is 11.6 Å². The Labute approximate surface area is 331 Å². The third kappa shape index (κ3) is 10.2. The Morgan fingerprint density at radius 3 is 2.42 bits per heavy atom. The number of nitrogens with one attached hydrogen (secondary N) is 3. The summed E-state index contributed by atoms with van der Waals surface area (Å²) in [5, 5.41) is 17.3. The van der Waals surface area contributed by atoms with Crippen molar-refractivity contribution in [3.8, 4) is 11.5 Å². The van der Waals surface area contributed by atoms with Gasteiger partial charge in [0.05, 0.1) is 37.0 Å². The highest BCUT2D eigenvalue weighted by Crippen LogP contribution is 2.39. The Hall–Kier alpha value is -5.36. The number of aromatic nitrogens is 2. The zero-order valence-electron chi connectivity index (χ0n) is 31.2. The van der Waals surface area contributed by atoms with Gasteiger partial charge in [-0.05, 0) is 67.0 Å². The fourth-order valence-corrected chi connectivity index (χ4v) is 8.48. The van der Waals surface area contributed by atoms with Gasteiger partial charge in [0.15, 0.2) is 0 Å². The van der Waals surface area contributed by atoms with Crippen LogP contribution in [0, 0.1) is 11.7 Å². The highest BCUT2D eigenvalue weighted by molar-refractivity contribution is 7.92. The molecule has 1 aliphatic rings. The summed E-state index contributed by atoms with van der Waals surface area (Å²) >= 11 is 6.67. The van der Waals surface area contributed by atoms with Crippen LogP contribution in [-0.4, -0.2) is 67.8 Å². The first-order valence-electron chi connectivity index (χ1n) is 17.6. The largest absolute Gasteiger partial charge is 0.497 e. The van der Waals surface area contributed by atoms with Gasteiger partial charge in [-0.25, -0.2) is 31.9 Å². The number of methoxy groups -OCH3 is 2. The third-order valence-electron chi connectivity index (χ3n) is 9.65. The molecule has 1 unspecified atom stereocenters. The summed E-state index contributed by atoms with van der Waals surface area (Å²) in [6.07, 6.45) is -2.83. The van der Waals surface area contributed by atoms with Crippen LogP contribution in [0.2, 0.25) is 5.02 Å². The van der Waals surface area contributed by atoms with Crippen LogP contribution in [0.5, 0.6) is 11.5 Å². The van der Waals surface area contributed by atoms with Gasteiger partial charge in [0, 0.05) is 36.0 Å². The van der Waals surface area contributed by atoms with Crippen molar-refractivity contribution in [1.29, 1.82) is 0 Å². The standard InChI is InChI=1S/C38H41ClF4N6O7S/c1-21(2)35(48-37(51)52)36(50)47-31-15-23(22-6-5-7-25(14-22)38(41,42)43)9-11-29(31)46-30-18-28(40)33(17-27(30)39)57(53,54)49(34-12-13-44-20-45-34)19-24-8-10-26(55-3)16-32(24)56-4/h5-8,10,12-14,16-18,20-21,23,29,31,35,46,48H,9,11,15,19H2,1-4H3,(H,47,50)(H,51,52)/t23-,29-,31-,35?/m0/s1. The molecule has 19 heteroatoms. The van der Waals surface area contributed by atoms with Crippen LogP contribution in [-0.2, 0) is 27.5 Å². The number of rotatable bonds is 14. The molecule has 1 aromatic heterocycles. The molecule has 57 heavy (non-hydrogen) atoms. The van der Waals surface area contributed by atoms with Crippen LogP contribution in [0.1, 0.15) is 55.7 Å². The topological polar surface area (TPSA) is 172 Å². The predicted octanol–water partition coefficient (Wildman–Crippen LogP) is 7.23. The lowest BCUT2D eigenvalue weighted by atomic mass is 9.78. The Morgan fingerprint density at radius 1 is 1.04 bits per heavy atom. The molecule has 0 bridgehead atoms. The molecule has 0 spiro atoms. The maximum absolute atomic E-state index is 16.2. The highest BCUT2D eigenvalue weighted by Gasteiger charge is 2.38. The molecule has 4 N–H and O–H groups in total. The molecular formula is C38H41ClF4N6O7S. The van der Waals surface area contributed by atoms with Crippen molar-refractivity contribution in [1.82, 2.24) is 20.6 Å². The van der Waals surface area contributed by atoms with Gasteiger partial charge in [-0.15, -0.1) is 0 Å².